The number of para-hydroxylation sites is 1. The number of carbonyl (C=O) groups excluding carboxylic acids is 2. The number of rotatable bonds is 11. The van der Waals surface area contributed by atoms with Gasteiger partial charge in [-0.05, 0) is 79.1 Å². The Morgan fingerprint density at radius 1 is 0.932 bits per heavy atom. The van der Waals surface area contributed by atoms with Gasteiger partial charge in [0.2, 0.25) is 0 Å². The Balaban J connectivity index is 1.13. The highest BCUT2D eigenvalue weighted by atomic mass is 32.1. The number of aryl methyl sites for hydroxylation is 2. The highest BCUT2D eigenvalue weighted by Crippen LogP contribution is 2.29. The molecule has 0 bridgehead atoms. The molecule has 3 N–H and O–H groups in total. The fraction of sp³-hybridized carbons (Fsp3) is 0.118. The van der Waals surface area contributed by atoms with Crippen molar-refractivity contribution in [3.63, 3.8) is 0 Å². The van der Waals surface area contributed by atoms with Crippen molar-refractivity contribution in [2.24, 2.45) is 5.10 Å². The Labute approximate surface area is 259 Å². The van der Waals surface area contributed by atoms with Crippen molar-refractivity contribution in [1.29, 1.82) is 0 Å². The van der Waals surface area contributed by atoms with Gasteiger partial charge < -0.3 is 20.1 Å². The molecule has 44 heavy (non-hydrogen) atoms. The molecular formula is C34H31N5O4S. The van der Waals surface area contributed by atoms with Crippen LogP contribution in [0.3, 0.4) is 0 Å². The van der Waals surface area contributed by atoms with Gasteiger partial charge in [-0.1, -0.05) is 42.5 Å². The fourth-order valence-electron chi connectivity index (χ4n) is 4.21. The molecule has 222 valence electrons. The summed E-state index contributed by atoms with van der Waals surface area (Å²) in [5.74, 6) is 0.213. The number of hydrazone groups is 1. The van der Waals surface area contributed by atoms with Crippen LogP contribution in [-0.4, -0.2) is 36.7 Å². The van der Waals surface area contributed by atoms with E-state index in [2.05, 4.69) is 26.1 Å². The smallest absolute Gasteiger partial charge is 0.271 e. The molecule has 5 aromatic rings. The summed E-state index contributed by atoms with van der Waals surface area (Å²) in [6.45, 7) is 3.72. The van der Waals surface area contributed by atoms with Gasteiger partial charge in [0, 0.05) is 27.9 Å². The first-order valence-electron chi connectivity index (χ1n) is 13.8. The fourth-order valence-corrected chi connectivity index (χ4v) is 4.95. The second-order valence-corrected chi connectivity index (χ2v) is 10.7. The van der Waals surface area contributed by atoms with E-state index in [1.165, 1.54) is 24.7 Å². The van der Waals surface area contributed by atoms with E-state index >= 15 is 0 Å². The van der Waals surface area contributed by atoms with Crippen molar-refractivity contribution in [1.82, 2.24) is 10.4 Å². The number of ether oxygens (including phenoxy) is 2. The quantitative estimate of drug-likeness (QED) is 0.111. The van der Waals surface area contributed by atoms with Crippen LogP contribution in [0, 0.1) is 13.8 Å². The molecule has 2 amide bonds. The van der Waals surface area contributed by atoms with Gasteiger partial charge in [-0.2, -0.15) is 5.10 Å². The molecule has 1 heterocycles. The average Bonchev–Trinajstić information content (AvgIpc) is 3.51. The maximum absolute atomic E-state index is 12.7. The lowest BCUT2D eigenvalue weighted by Crippen LogP contribution is -2.21. The van der Waals surface area contributed by atoms with Crippen LogP contribution in [0.15, 0.2) is 101 Å². The molecule has 0 unspecified atom stereocenters. The standard InChI is InChI=1S/C34H31N5O4S/c1-22-9-10-23(2)28(17-22)37-32(40)20-43-30-16-11-24(18-31(30)42-3)19-35-39-33(41)26-14-12-25(13-15-26)29-21-44-34(38-29)36-27-7-5-4-6-8-27/h4-19,21H,20H2,1-3H3,(H,36,38)(H,37,40)(H,39,41)/b35-19+. The predicted molar refractivity (Wildman–Crippen MR) is 175 cm³/mol. The van der Waals surface area contributed by atoms with Crippen molar-refractivity contribution < 1.29 is 19.1 Å². The Morgan fingerprint density at radius 3 is 2.50 bits per heavy atom. The third kappa shape index (κ3) is 7.87. The largest absolute Gasteiger partial charge is 0.493 e. The van der Waals surface area contributed by atoms with E-state index in [0.717, 1.165) is 38.9 Å². The summed E-state index contributed by atoms with van der Waals surface area (Å²) in [4.78, 5) is 29.7. The molecule has 0 aliphatic heterocycles. The number of aromatic nitrogens is 1. The summed E-state index contributed by atoms with van der Waals surface area (Å²) in [7, 11) is 1.51. The molecule has 0 atom stereocenters. The van der Waals surface area contributed by atoms with Crippen LogP contribution >= 0.6 is 11.3 Å². The first kappa shape index (κ1) is 30.0. The Hall–Kier alpha value is -5.48. The molecule has 5 rings (SSSR count). The number of nitrogens with one attached hydrogen (secondary N) is 3. The molecule has 0 fully saturated rings. The minimum absolute atomic E-state index is 0.180. The van der Waals surface area contributed by atoms with Crippen molar-refractivity contribution in [3.8, 4) is 22.8 Å². The van der Waals surface area contributed by atoms with Crippen molar-refractivity contribution in [2.75, 3.05) is 24.4 Å². The monoisotopic (exact) mass is 605 g/mol. The highest BCUT2D eigenvalue weighted by molar-refractivity contribution is 7.14. The molecule has 4 aromatic carbocycles. The molecule has 9 nitrogen and oxygen atoms in total. The minimum Gasteiger partial charge on any atom is -0.493 e. The van der Waals surface area contributed by atoms with Crippen LogP contribution in [0.2, 0.25) is 0 Å². The van der Waals surface area contributed by atoms with Crippen LogP contribution in [0.25, 0.3) is 11.3 Å². The number of thiazole rings is 1. The van der Waals surface area contributed by atoms with E-state index in [-0.39, 0.29) is 18.4 Å². The van der Waals surface area contributed by atoms with Gasteiger partial charge >= 0.3 is 0 Å². The molecule has 0 radical (unpaired) electrons. The van der Waals surface area contributed by atoms with Crippen molar-refractivity contribution in [2.45, 2.75) is 13.8 Å². The van der Waals surface area contributed by atoms with E-state index in [9.17, 15) is 9.59 Å². The normalized spacial score (nSPS) is 10.8. The van der Waals surface area contributed by atoms with E-state index in [1.54, 1.807) is 30.3 Å². The number of hydrogen-bond acceptors (Lipinski definition) is 8. The van der Waals surface area contributed by atoms with Gasteiger partial charge in [0.25, 0.3) is 11.8 Å². The zero-order valence-corrected chi connectivity index (χ0v) is 25.3. The molecule has 0 aliphatic rings. The van der Waals surface area contributed by atoms with E-state index in [0.29, 0.717) is 22.6 Å². The van der Waals surface area contributed by atoms with Gasteiger partial charge in [0.1, 0.15) is 0 Å². The number of nitrogens with zero attached hydrogens (tertiary/aromatic N) is 2. The van der Waals surface area contributed by atoms with Crippen molar-refractivity contribution >= 4 is 45.9 Å². The van der Waals surface area contributed by atoms with E-state index < -0.39 is 0 Å². The number of benzene rings is 4. The second-order valence-electron chi connectivity index (χ2n) is 9.87. The number of hydrogen-bond donors (Lipinski definition) is 3. The predicted octanol–water partition coefficient (Wildman–Crippen LogP) is 6.96. The third-order valence-electron chi connectivity index (χ3n) is 6.57. The topological polar surface area (TPSA) is 114 Å². The van der Waals surface area contributed by atoms with Crippen LogP contribution in [0.5, 0.6) is 11.5 Å². The summed E-state index contributed by atoms with van der Waals surface area (Å²) >= 11 is 1.51. The maximum Gasteiger partial charge on any atom is 0.271 e. The summed E-state index contributed by atoms with van der Waals surface area (Å²) in [5.41, 5.74) is 9.15. The Kier molecular flexibility index (Phi) is 9.63. The number of anilines is 3. The number of amides is 2. The zero-order valence-electron chi connectivity index (χ0n) is 24.5. The lowest BCUT2D eigenvalue weighted by Gasteiger charge is -2.12. The van der Waals surface area contributed by atoms with Gasteiger partial charge in [0.05, 0.1) is 19.0 Å². The van der Waals surface area contributed by atoms with Crippen LogP contribution in [0.4, 0.5) is 16.5 Å². The first-order valence-corrected chi connectivity index (χ1v) is 14.7. The van der Waals surface area contributed by atoms with E-state index in [4.69, 9.17) is 9.47 Å². The van der Waals surface area contributed by atoms with Gasteiger partial charge in [-0.25, -0.2) is 10.4 Å². The van der Waals surface area contributed by atoms with Gasteiger partial charge in [-0.15, -0.1) is 11.3 Å². The Bertz CT molecular complexity index is 1790. The summed E-state index contributed by atoms with van der Waals surface area (Å²) in [6.07, 6.45) is 1.50. The highest BCUT2D eigenvalue weighted by Gasteiger charge is 2.11. The average molecular weight is 606 g/mol. The number of methoxy groups -OCH3 is 1. The molecule has 10 heteroatoms. The summed E-state index contributed by atoms with van der Waals surface area (Å²) < 4.78 is 11.1. The maximum atomic E-state index is 12.7. The lowest BCUT2D eigenvalue weighted by atomic mass is 10.1. The molecule has 0 aliphatic carbocycles. The number of carbonyl (C=O) groups is 2. The van der Waals surface area contributed by atoms with Crippen molar-refractivity contribution in [3.05, 3.63) is 119 Å². The summed E-state index contributed by atoms with van der Waals surface area (Å²) in [5, 5.41) is 13.0. The first-order chi connectivity index (χ1) is 21.4. The third-order valence-corrected chi connectivity index (χ3v) is 7.32. The summed E-state index contributed by atoms with van der Waals surface area (Å²) in [6, 6.07) is 28.0. The van der Waals surface area contributed by atoms with Gasteiger partial charge in [0.15, 0.2) is 23.2 Å². The van der Waals surface area contributed by atoms with Crippen LogP contribution in [-0.2, 0) is 4.79 Å². The molecule has 0 saturated carbocycles. The Morgan fingerprint density at radius 2 is 1.73 bits per heavy atom. The van der Waals surface area contributed by atoms with E-state index in [1.807, 2.05) is 79.9 Å². The molecule has 0 saturated heterocycles. The van der Waals surface area contributed by atoms with Crippen LogP contribution in [0.1, 0.15) is 27.0 Å². The second kappa shape index (κ2) is 14.1. The molecule has 0 spiro atoms. The van der Waals surface area contributed by atoms with Gasteiger partial charge in [-0.3, -0.25) is 9.59 Å². The molecular weight excluding hydrogens is 574 g/mol. The zero-order chi connectivity index (χ0) is 30.9. The molecule has 1 aromatic heterocycles. The SMILES string of the molecule is COc1cc(/C=N/NC(=O)c2ccc(-c3csc(Nc4ccccc4)n3)cc2)ccc1OCC(=O)Nc1cc(C)ccc1C. The van der Waals surface area contributed by atoms with Crippen LogP contribution < -0.4 is 25.5 Å². The lowest BCUT2D eigenvalue weighted by molar-refractivity contribution is -0.118. The minimum atomic E-state index is -0.348.